The maximum Gasteiger partial charge on any atom is 0.262 e. The zero-order valence-electron chi connectivity index (χ0n) is 29.3. The van der Waals surface area contributed by atoms with Crippen LogP contribution in [-0.4, -0.2) is 88.6 Å². The maximum atomic E-state index is 14.2. The number of nitrogens with zero attached hydrogens (tertiary/aromatic N) is 8. The summed E-state index contributed by atoms with van der Waals surface area (Å²) >= 11 is 1.69. The third kappa shape index (κ3) is 6.67. The van der Waals surface area contributed by atoms with E-state index >= 15 is 0 Å². The first-order valence-corrected chi connectivity index (χ1v) is 18.5. The molecule has 1 amide bonds. The van der Waals surface area contributed by atoms with E-state index in [9.17, 15) is 14.7 Å². The van der Waals surface area contributed by atoms with Crippen LogP contribution in [0.4, 0.5) is 0 Å². The number of aryl methyl sites for hydroxylation is 1. The van der Waals surface area contributed by atoms with Gasteiger partial charge in [0.15, 0.2) is 5.65 Å². The van der Waals surface area contributed by atoms with E-state index in [-0.39, 0.29) is 29.8 Å². The van der Waals surface area contributed by atoms with Gasteiger partial charge in [-0.05, 0) is 55.6 Å². The number of rotatable bonds is 9. The first-order chi connectivity index (χ1) is 25.3. The fourth-order valence-electron chi connectivity index (χ4n) is 7.79. The van der Waals surface area contributed by atoms with Crippen LogP contribution in [0.2, 0.25) is 0 Å². The Morgan fingerprint density at radius 2 is 1.87 bits per heavy atom. The molecular formula is C39H42N8O4S. The first-order valence-electron chi connectivity index (χ1n) is 17.7. The zero-order valence-corrected chi connectivity index (χ0v) is 30.2. The number of hydrogen-bond acceptors (Lipinski definition) is 9. The number of aliphatic hydroxyl groups is 1. The lowest BCUT2D eigenvalue weighted by atomic mass is 9.79. The van der Waals surface area contributed by atoms with Crippen LogP contribution in [0.3, 0.4) is 0 Å². The lowest BCUT2D eigenvalue weighted by Crippen LogP contribution is -2.53. The second-order valence-corrected chi connectivity index (χ2v) is 15.1. The van der Waals surface area contributed by atoms with Gasteiger partial charge >= 0.3 is 0 Å². The minimum absolute atomic E-state index is 0.0494. The molecule has 0 unspecified atom stereocenters. The molecule has 6 aromatic rings. The Kier molecular flexibility index (Phi) is 9.24. The number of hydrogen-bond donors (Lipinski definition) is 1. The van der Waals surface area contributed by atoms with Gasteiger partial charge in [-0.2, -0.15) is 5.10 Å². The average Bonchev–Trinajstić information content (AvgIpc) is 3.93. The first kappa shape index (κ1) is 34.0. The summed E-state index contributed by atoms with van der Waals surface area (Å²) in [5.74, 6) is 0.752. The smallest absolute Gasteiger partial charge is 0.262 e. The molecule has 0 radical (unpaired) electrons. The second-order valence-electron chi connectivity index (χ2n) is 14.0. The monoisotopic (exact) mass is 718 g/mol. The summed E-state index contributed by atoms with van der Waals surface area (Å²) in [5, 5.41) is 17.4. The number of methoxy groups -OCH3 is 1. The molecule has 2 aliphatic rings. The van der Waals surface area contributed by atoms with Gasteiger partial charge in [-0.3, -0.25) is 23.7 Å². The molecule has 2 aliphatic heterocycles. The van der Waals surface area contributed by atoms with E-state index in [1.54, 1.807) is 30.7 Å². The number of benzene rings is 2. The van der Waals surface area contributed by atoms with Crippen LogP contribution in [0.15, 0.2) is 96.4 Å². The molecule has 0 bridgehead atoms. The van der Waals surface area contributed by atoms with Crippen LogP contribution >= 0.6 is 11.3 Å². The molecule has 0 spiro atoms. The summed E-state index contributed by atoms with van der Waals surface area (Å²) < 4.78 is 10.6. The van der Waals surface area contributed by atoms with Crippen molar-refractivity contribution < 1.29 is 14.6 Å². The topological polar surface area (TPSA) is 124 Å². The van der Waals surface area contributed by atoms with Crippen LogP contribution in [0, 0.1) is 5.92 Å². The molecular weight excluding hydrogens is 677 g/mol. The van der Waals surface area contributed by atoms with Crippen LogP contribution in [0.1, 0.15) is 35.6 Å². The fourth-order valence-corrected chi connectivity index (χ4v) is 8.80. The van der Waals surface area contributed by atoms with E-state index in [4.69, 9.17) is 4.74 Å². The van der Waals surface area contributed by atoms with E-state index in [0.717, 1.165) is 42.4 Å². The third-order valence-electron chi connectivity index (χ3n) is 10.7. The van der Waals surface area contributed by atoms with Gasteiger partial charge in [0.05, 0.1) is 36.0 Å². The molecule has 6 heterocycles. The quantitative estimate of drug-likeness (QED) is 0.228. The Labute approximate surface area is 305 Å². The fraction of sp³-hybridized carbons (Fsp3) is 0.359. The van der Waals surface area contributed by atoms with Crippen LogP contribution in [0.5, 0.6) is 5.75 Å². The largest absolute Gasteiger partial charge is 0.497 e. The molecule has 2 saturated heterocycles. The van der Waals surface area contributed by atoms with Crippen molar-refractivity contribution in [3.63, 3.8) is 0 Å². The van der Waals surface area contributed by atoms with Crippen molar-refractivity contribution in [3.8, 4) is 22.1 Å². The number of carbonyl (C=O) groups is 1. The van der Waals surface area contributed by atoms with E-state index in [1.165, 1.54) is 21.3 Å². The van der Waals surface area contributed by atoms with Crippen molar-refractivity contribution in [2.24, 2.45) is 13.0 Å². The lowest BCUT2D eigenvalue weighted by molar-refractivity contribution is -0.142. The van der Waals surface area contributed by atoms with Crippen molar-refractivity contribution >= 4 is 28.3 Å². The zero-order chi connectivity index (χ0) is 35.8. The molecule has 2 fully saturated rings. The van der Waals surface area contributed by atoms with Crippen molar-refractivity contribution in [1.29, 1.82) is 0 Å². The van der Waals surface area contributed by atoms with Gasteiger partial charge in [0.1, 0.15) is 17.1 Å². The summed E-state index contributed by atoms with van der Waals surface area (Å²) in [6.45, 7) is 3.36. The van der Waals surface area contributed by atoms with Crippen molar-refractivity contribution in [2.75, 3.05) is 33.3 Å². The summed E-state index contributed by atoms with van der Waals surface area (Å²) in [6.07, 6.45) is 8.60. The lowest BCUT2D eigenvalue weighted by Gasteiger charge is -2.43. The predicted octanol–water partition coefficient (Wildman–Crippen LogP) is 4.71. The van der Waals surface area contributed by atoms with E-state index < -0.39 is 5.60 Å². The standard InChI is InChI=1S/C39H42N8O4S/c1-43-34(11-16-42-43)36-40-22-30(52-36)23-44-17-12-31(33(24-44)27-7-4-3-5-8-27)37(48)45-19-14-39(50,15-20-45)25-46-26-41-35-32(38(46)49)13-18-47(35)28-9-6-10-29(21-28)51-2/h3-11,13,16,18,21-22,26,31,33,50H,12,14-15,17,19-20,23-25H2,1-2H3/t31-,33+/m1/s1. The molecule has 12 nitrogen and oxygen atoms in total. The highest BCUT2D eigenvalue weighted by molar-refractivity contribution is 7.15. The Bertz CT molecular complexity index is 2250. The number of ether oxygens (including phenoxy) is 1. The number of thiazole rings is 1. The van der Waals surface area contributed by atoms with Crippen molar-refractivity contribution in [2.45, 2.75) is 43.9 Å². The molecule has 268 valence electrons. The average molecular weight is 719 g/mol. The van der Waals surface area contributed by atoms with Gasteiger partial charge in [0.2, 0.25) is 5.91 Å². The molecule has 2 aromatic carbocycles. The number of piperidine rings is 2. The summed E-state index contributed by atoms with van der Waals surface area (Å²) in [6, 6.07) is 21.7. The Balaban J connectivity index is 0.932. The molecule has 13 heteroatoms. The minimum atomic E-state index is -1.13. The summed E-state index contributed by atoms with van der Waals surface area (Å²) in [7, 11) is 3.54. The molecule has 4 aromatic heterocycles. The van der Waals surface area contributed by atoms with E-state index in [2.05, 4.69) is 32.1 Å². The molecule has 8 rings (SSSR count). The van der Waals surface area contributed by atoms with Crippen LogP contribution in [0.25, 0.3) is 27.4 Å². The third-order valence-corrected chi connectivity index (χ3v) is 11.7. The van der Waals surface area contributed by atoms with Crippen molar-refractivity contribution in [1.82, 2.24) is 38.7 Å². The van der Waals surface area contributed by atoms with Crippen molar-refractivity contribution in [3.05, 3.63) is 112 Å². The van der Waals surface area contributed by atoms with Gasteiger partial charge in [0.25, 0.3) is 5.56 Å². The number of carbonyl (C=O) groups excluding carboxylic acids is 1. The van der Waals surface area contributed by atoms with Gasteiger partial charge in [-0.15, -0.1) is 11.3 Å². The maximum absolute atomic E-state index is 14.2. The van der Waals surface area contributed by atoms with Gasteiger partial charge in [-0.1, -0.05) is 36.4 Å². The molecule has 52 heavy (non-hydrogen) atoms. The molecule has 1 N–H and O–H groups in total. The highest BCUT2D eigenvalue weighted by Crippen LogP contribution is 2.37. The normalized spacial score (nSPS) is 19.2. The Morgan fingerprint density at radius 3 is 2.63 bits per heavy atom. The summed E-state index contributed by atoms with van der Waals surface area (Å²) in [5.41, 5.74) is 2.22. The van der Waals surface area contributed by atoms with Crippen LogP contribution < -0.4 is 10.3 Å². The second kappa shape index (κ2) is 14.1. The highest BCUT2D eigenvalue weighted by Gasteiger charge is 2.41. The summed E-state index contributed by atoms with van der Waals surface area (Å²) in [4.78, 5) is 42.6. The van der Waals surface area contributed by atoms with E-state index in [0.29, 0.717) is 42.7 Å². The minimum Gasteiger partial charge on any atom is -0.497 e. The highest BCUT2D eigenvalue weighted by atomic mass is 32.1. The Hall–Kier alpha value is -5.11. The van der Waals surface area contributed by atoms with Crippen LogP contribution in [-0.2, 0) is 24.9 Å². The number of amides is 1. The number of aromatic nitrogens is 6. The van der Waals surface area contributed by atoms with E-state index in [1.807, 2.05) is 82.1 Å². The van der Waals surface area contributed by atoms with Gasteiger partial charge in [-0.25, -0.2) is 9.97 Å². The molecule has 0 aliphatic carbocycles. The van der Waals surface area contributed by atoms with Gasteiger partial charge < -0.3 is 19.3 Å². The van der Waals surface area contributed by atoms with Gasteiger partial charge in [0, 0.05) is 74.6 Å². The predicted molar refractivity (Wildman–Crippen MR) is 200 cm³/mol. The number of likely N-dealkylation sites (tertiary alicyclic amines) is 2. The molecule has 2 atom stereocenters. The molecule has 0 saturated carbocycles. The number of fused-ring (bicyclic) bond motifs is 1. The Morgan fingerprint density at radius 1 is 1.04 bits per heavy atom. The SMILES string of the molecule is COc1cccc(-n2ccc3c(=O)n(CC4(O)CCN(C(=O)[C@@H]5CCN(Cc6cnc(-c7ccnn7C)s6)C[C@H]5c5ccccc5)CC4)cnc32)c1.